The molecule has 0 radical (unpaired) electrons. The molecule has 138 valence electrons. The Bertz CT molecular complexity index is 842. The molecule has 7 nitrogen and oxygen atoms in total. The second-order valence-electron chi connectivity index (χ2n) is 6.19. The second kappa shape index (κ2) is 7.51. The molecule has 0 fully saturated rings. The standard InChI is InChI=1S/C19H23N3O4/c1-12-10-16(19(24)21-7-6-20-14(3)23)13(2)22(12)15-4-5-17-18(11-15)26-9-8-25-17/h4-5,10-11H,6-9H2,1-3H3,(H,20,23)(H,21,24). The van der Waals surface area contributed by atoms with Crippen LogP contribution in [0.5, 0.6) is 11.5 Å². The normalized spacial score (nSPS) is 12.6. The van der Waals surface area contributed by atoms with Crippen LogP contribution in [-0.2, 0) is 4.79 Å². The fourth-order valence-electron chi connectivity index (χ4n) is 3.07. The van der Waals surface area contributed by atoms with Crippen molar-refractivity contribution in [3.05, 3.63) is 41.2 Å². The average Bonchev–Trinajstić information content (AvgIpc) is 2.92. The maximum atomic E-state index is 12.5. The highest BCUT2D eigenvalue weighted by molar-refractivity contribution is 5.96. The van der Waals surface area contributed by atoms with Crippen molar-refractivity contribution in [3.8, 4) is 17.2 Å². The van der Waals surface area contributed by atoms with Crippen molar-refractivity contribution in [2.45, 2.75) is 20.8 Å². The summed E-state index contributed by atoms with van der Waals surface area (Å²) in [4.78, 5) is 23.3. The van der Waals surface area contributed by atoms with E-state index in [4.69, 9.17) is 9.47 Å². The van der Waals surface area contributed by atoms with E-state index in [1.165, 1.54) is 6.92 Å². The van der Waals surface area contributed by atoms with E-state index in [9.17, 15) is 9.59 Å². The fraction of sp³-hybridized carbons (Fsp3) is 0.368. The second-order valence-corrected chi connectivity index (χ2v) is 6.19. The first kappa shape index (κ1) is 17.8. The number of nitrogens with one attached hydrogen (secondary N) is 2. The predicted octanol–water partition coefficient (Wildman–Crippen LogP) is 1.73. The van der Waals surface area contributed by atoms with Gasteiger partial charge in [0.2, 0.25) is 5.91 Å². The molecule has 26 heavy (non-hydrogen) atoms. The average molecular weight is 357 g/mol. The van der Waals surface area contributed by atoms with Crippen LogP contribution in [0.2, 0.25) is 0 Å². The van der Waals surface area contributed by atoms with Crippen LogP contribution in [0.1, 0.15) is 28.7 Å². The molecular formula is C19H23N3O4. The van der Waals surface area contributed by atoms with Crippen molar-refractivity contribution in [1.82, 2.24) is 15.2 Å². The van der Waals surface area contributed by atoms with E-state index in [1.807, 2.05) is 42.7 Å². The largest absolute Gasteiger partial charge is 0.486 e. The Hall–Kier alpha value is -2.96. The Kier molecular flexibility index (Phi) is 5.16. The van der Waals surface area contributed by atoms with Crippen molar-refractivity contribution in [2.24, 2.45) is 0 Å². The molecule has 0 unspecified atom stereocenters. The number of nitrogens with zero attached hydrogens (tertiary/aromatic N) is 1. The van der Waals surface area contributed by atoms with Crippen molar-refractivity contribution in [1.29, 1.82) is 0 Å². The van der Waals surface area contributed by atoms with Crippen LogP contribution in [0, 0.1) is 13.8 Å². The Morgan fingerprint density at radius 3 is 2.46 bits per heavy atom. The summed E-state index contributed by atoms with van der Waals surface area (Å²) in [6.45, 7) is 7.18. The minimum Gasteiger partial charge on any atom is -0.486 e. The molecule has 0 bridgehead atoms. The summed E-state index contributed by atoms with van der Waals surface area (Å²) in [6.07, 6.45) is 0. The fourth-order valence-corrected chi connectivity index (χ4v) is 3.07. The third kappa shape index (κ3) is 3.66. The van der Waals surface area contributed by atoms with E-state index in [1.54, 1.807) is 0 Å². The van der Waals surface area contributed by atoms with Crippen molar-refractivity contribution < 1.29 is 19.1 Å². The van der Waals surface area contributed by atoms with Crippen LogP contribution < -0.4 is 20.1 Å². The summed E-state index contributed by atoms with van der Waals surface area (Å²) in [7, 11) is 0. The van der Waals surface area contributed by atoms with Crippen LogP contribution in [0.15, 0.2) is 24.3 Å². The number of amides is 2. The van der Waals surface area contributed by atoms with Crippen molar-refractivity contribution in [2.75, 3.05) is 26.3 Å². The van der Waals surface area contributed by atoms with Gasteiger partial charge in [-0.05, 0) is 32.0 Å². The first-order chi connectivity index (χ1) is 12.5. The smallest absolute Gasteiger partial charge is 0.253 e. The first-order valence-electron chi connectivity index (χ1n) is 8.59. The molecular weight excluding hydrogens is 334 g/mol. The predicted molar refractivity (Wildman–Crippen MR) is 97.2 cm³/mol. The molecule has 2 amide bonds. The van der Waals surface area contributed by atoms with Gasteiger partial charge in [0.05, 0.1) is 5.56 Å². The topological polar surface area (TPSA) is 81.6 Å². The van der Waals surface area contributed by atoms with E-state index >= 15 is 0 Å². The monoisotopic (exact) mass is 357 g/mol. The molecule has 1 aliphatic rings. The summed E-state index contributed by atoms with van der Waals surface area (Å²) in [5.41, 5.74) is 3.32. The quantitative estimate of drug-likeness (QED) is 0.799. The lowest BCUT2D eigenvalue weighted by Crippen LogP contribution is -2.33. The minimum absolute atomic E-state index is 0.115. The summed E-state index contributed by atoms with van der Waals surface area (Å²) in [5.74, 6) is 1.17. The van der Waals surface area contributed by atoms with E-state index < -0.39 is 0 Å². The lowest BCUT2D eigenvalue weighted by Gasteiger charge is -2.20. The summed E-state index contributed by atoms with van der Waals surface area (Å²) < 4.78 is 13.2. The molecule has 2 aromatic rings. The molecule has 1 aliphatic heterocycles. The van der Waals surface area contributed by atoms with Crippen LogP contribution in [0.4, 0.5) is 0 Å². The Labute approximate surface area is 152 Å². The zero-order valence-electron chi connectivity index (χ0n) is 15.2. The first-order valence-corrected chi connectivity index (χ1v) is 8.59. The third-order valence-corrected chi connectivity index (χ3v) is 4.24. The molecule has 2 N–H and O–H groups in total. The lowest BCUT2D eigenvalue weighted by molar-refractivity contribution is -0.118. The van der Waals surface area contributed by atoms with Gasteiger partial charge in [0.25, 0.3) is 5.91 Å². The van der Waals surface area contributed by atoms with Gasteiger partial charge in [0.15, 0.2) is 11.5 Å². The molecule has 3 rings (SSSR count). The number of fused-ring (bicyclic) bond motifs is 1. The number of benzene rings is 1. The van der Waals surface area contributed by atoms with Gasteiger partial charge in [-0.3, -0.25) is 9.59 Å². The summed E-state index contributed by atoms with van der Waals surface area (Å²) in [5, 5.41) is 5.48. The van der Waals surface area contributed by atoms with Gasteiger partial charge in [-0.15, -0.1) is 0 Å². The van der Waals surface area contributed by atoms with Gasteiger partial charge in [-0.1, -0.05) is 0 Å². The zero-order chi connectivity index (χ0) is 18.7. The van der Waals surface area contributed by atoms with Crippen molar-refractivity contribution >= 4 is 11.8 Å². The molecule has 1 aromatic carbocycles. The number of rotatable bonds is 5. The number of aromatic nitrogens is 1. The Morgan fingerprint density at radius 2 is 1.73 bits per heavy atom. The summed E-state index contributed by atoms with van der Waals surface area (Å²) >= 11 is 0. The SMILES string of the molecule is CC(=O)NCCNC(=O)c1cc(C)n(-c2ccc3c(c2)OCCO3)c1C. The zero-order valence-corrected chi connectivity index (χ0v) is 15.2. The number of hydrogen-bond acceptors (Lipinski definition) is 4. The van der Waals surface area contributed by atoms with E-state index in [0.29, 0.717) is 37.6 Å². The number of aryl methyl sites for hydroxylation is 1. The number of hydrogen-bond donors (Lipinski definition) is 2. The van der Waals surface area contributed by atoms with Gasteiger partial charge in [-0.25, -0.2) is 0 Å². The molecule has 7 heteroatoms. The highest BCUT2D eigenvalue weighted by atomic mass is 16.6. The molecule has 0 aliphatic carbocycles. The molecule has 0 spiro atoms. The minimum atomic E-state index is -0.160. The molecule has 2 heterocycles. The Balaban J connectivity index is 1.80. The van der Waals surface area contributed by atoms with E-state index in [2.05, 4.69) is 10.6 Å². The maximum absolute atomic E-state index is 12.5. The van der Waals surface area contributed by atoms with E-state index in [0.717, 1.165) is 22.8 Å². The lowest BCUT2D eigenvalue weighted by atomic mass is 10.2. The van der Waals surface area contributed by atoms with Gasteiger partial charge in [0.1, 0.15) is 13.2 Å². The van der Waals surface area contributed by atoms with Crippen LogP contribution >= 0.6 is 0 Å². The van der Waals surface area contributed by atoms with Crippen LogP contribution in [0.3, 0.4) is 0 Å². The highest BCUT2D eigenvalue weighted by Crippen LogP contribution is 2.33. The number of carbonyl (C=O) groups is 2. The number of ether oxygens (including phenoxy) is 2. The highest BCUT2D eigenvalue weighted by Gasteiger charge is 2.18. The van der Waals surface area contributed by atoms with Gasteiger partial charge in [0, 0.05) is 43.2 Å². The maximum Gasteiger partial charge on any atom is 0.253 e. The van der Waals surface area contributed by atoms with Crippen LogP contribution in [0.25, 0.3) is 5.69 Å². The molecule has 0 atom stereocenters. The molecule has 0 saturated heterocycles. The molecule has 1 aromatic heterocycles. The van der Waals surface area contributed by atoms with Gasteiger partial charge < -0.3 is 24.7 Å². The van der Waals surface area contributed by atoms with Crippen LogP contribution in [-0.4, -0.2) is 42.7 Å². The van der Waals surface area contributed by atoms with E-state index in [-0.39, 0.29) is 11.8 Å². The summed E-state index contributed by atoms with van der Waals surface area (Å²) in [6, 6.07) is 7.62. The number of carbonyl (C=O) groups excluding carboxylic acids is 2. The Morgan fingerprint density at radius 1 is 1.04 bits per heavy atom. The van der Waals surface area contributed by atoms with Crippen molar-refractivity contribution in [3.63, 3.8) is 0 Å². The van der Waals surface area contributed by atoms with Gasteiger partial charge in [-0.2, -0.15) is 0 Å². The molecule has 0 saturated carbocycles. The third-order valence-electron chi connectivity index (χ3n) is 4.24. The van der Waals surface area contributed by atoms with Gasteiger partial charge >= 0.3 is 0 Å².